The average molecular weight is 536 g/mol. The maximum atomic E-state index is 12.9. The molecule has 0 spiro atoms. The van der Waals surface area contributed by atoms with Gasteiger partial charge in [0.1, 0.15) is 16.8 Å². The lowest BCUT2D eigenvalue weighted by Crippen LogP contribution is -2.15. The van der Waals surface area contributed by atoms with Gasteiger partial charge in [-0.25, -0.2) is 0 Å². The number of ether oxygens (including phenoxy) is 1. The van der Waals surface area contributed by atoms with Gasteiger partial charge in [-0.1, -0.05) is 42.8 Å². The summed E-state index contributed by atoms with van der Waals surface area (Å²) in [6.07, 6.45) is 7.98. The molecule has 0 saturated carbocycles. The van der Waals surface area contributed by atoms with Crippen LogP contribution in [0.4, 0.5) is 5.00 Å². The van der Waals surface area contributed by atoms with Gasteiger partial charge < -0.3 is 10.1 Å². The Balaban J connectivity index is 1.45. The van der Waals surface area contributed by atoms with Crippen LogP contribution >= 0.6 is 23.1 Å². The molecule has 1 unspecified atom stereocenters. The number of rotatable bonds is 9. The summed E-state index contributed by atoms with van der Waals surface area (Å²) >= 11 is 2.87. The Morgan fingerprint density at radius 3 is 2.84 bits per heavy atom. The maximum absolute atomic E-state index is 12.9. The van der Waals surface area contributed by atoms with Gasteiger partial charge in [-0.05, 0) is 69.2 Å². The molecule has 9 heteroatoms. The molecule has 1 aromatic carbocycles. The number of benzene rings is 1. The molecule has 37 heavy (non-hydrogen) atoms. The Morgan fingerprint density at radius 1 is 1.30 bits per heavy atom. The molecule has 1 aliphatic rings. The first kappa shape index (κ1) is 27.0. The van der Waals surface area contributed by atoms with Gasteiger partial charge in [-0.2, -0.15) is 5.26 Å². The number of fused-ring (bicyclic) bond motifs is 1. The first-order valence-electron chi connectivity index (χ1n) is 12.7. The predicted octanol–water partition coefficient (Wildman–Crippen LogP) is 6.54. The fourth-order valence-electron chi connectivity index (χ4n) is 4.52. The fourth-order valence-corrected chi connectivity index (χ4v) is 6.53. The molecule has 1 amide bonds. The fraction of sp³-hybridized carbons (Fsp3) is 0.429. The molecule has 2 heterocycles. The largest absolute Gasteiger partial charge is 0.482 e. The first-order chi connectivity index (χ1) is 17.9. The number of nitriles is 1. The summed E-state index contributed by atoms with van der Waals surface area (Å²) in [5, 5.41) is 22.8. The molecule has 3 aromatic rings. The molecule has 7 nitrogen and oxygen atoms in total. The third-order valence-electron chi connectivity index (χ3n) is 6.65. The highest BCUT2D eigenvalue weighted by Gasteiger charge is 2.23. The third kappa shape index (κ3) is 6.25. The van der Waals surface area contributed by atoms with Crippen LogP contribution in [0.15, 0.2) is 36.0 Å². The number of amides is 1. The number of hydrogen-bond acceptors (Lipinski definition) is 7. The Labute approximate surface area is 226 Å². The quantitative estimate of drug-likeness (QED) is 0.247. The van der Waals surface area contributed by atoms with Gasteiger partial charge in [0.15, 0.2) is 17.1 Å². The first-order valence-corrected chi connectivity index (χ1v) is 14.5. The van der Waals surface area contributed by atoms with Crippen molar-refractivity contribution < 1.29 is 9.53 Å². The maximum Gasteiger partial charge on any atom is 0.235 e. The van der Waals surface area contributed by atoms with Crippen LogP contribution in [0.3, 0.4) is 0 Å². The number of nitrogens with one attached hydrogen (secondary N) is 1. The van der Waals surface area contributed by atoms with E-state index in [1.54, 1.807) is 17.4 Å². The lowest BCUT2D eigenvalue weighted by Gasteiger charge is -2.18. The van der Waals surface area contributed by atoms with Crippen molar-refractivity contribution in [2.24, 2.45) is 0 Å². The Kier molecular flexibility index (Phi) is 9.06. The van der Waals surface area contributed by atoms with Gasteiger partial charge in [0, 0.05) is 11.4 Å². The van der Waals surface area contributed by atoms with E-state index in [1.807, 2.05) is 30.5 Å². The molecule has 0 radical (unpaired) electrons. The highest BCUT2D eigenvalue weighted by Crippen LogP contribution is 2.37. The topological polar surface area (TPSA) is 92.8 Å². The van der Waals surface area contributed by atoms with Crippen molar-refractivity contribution in [3.63, 3.8) is 0 Å². The minimum Gasteiger partial charge on any atom is -0.482 e. The van der Waals surface area contributed by atoms with Gasteiger partial charge in [0.2, 0.25) is 5.91 Å². The number of nitrogens with zero attached hydrogens (tertiary/aromatic N) is 4. The van der Waals surface area contributed by atoms with Crippen LogP contribution in [-0.4, -0.2) is 26.4 Å². The van der Waals surface area contributed by atoms with E-state index in [0.717, 1.165) is 48.1 Å². The number of anilines is 1. The van der Waals surface area contributed by atoms with Gasteiger partial charge in [-0.15, -0.1) is 28.1 Å². The molecule has 1 N–H and O–H groups in total. The molecule has 0 aliphatic heterocycles. The van der Waals surface area contributed by atoms with Crippen LogP contribution in [-0.2, 0) is 24.2 Å². The van der Waals surface area contributed by atoms with Gasteiger partial charge in [0.25, 0.3) is 0 Å². The number of allylic oxidation sites excluding steroid dienone is 1. The smallest absolute Gasteiger partial charge is 0.235 e. The normalized spacial score (nSPS) is 14.1. The molecular formula is C28H33N5O2S2. The van der Waals surface area contributed by atoms with Gasteiger partial charge in [0.05, 0.1) is 11.3 Å². The number of aromatic nitrogens is 3. The second-order valence-corrected chi connectivity index (χ2v) is 11.3. The SMILES string of the molecule is C=CCn1c(SCC(=O)Nc2sc3c(c2C#N)CCCCCC3)nnc1C(C)Oc1cccc(C)c1C. The average Bonchev–Trinajstić information content (AvgIpc) is 3.41. The Bertz CT molecular complexity index is 1320. The Hall–Kier alpha value is -3.09. The van der Waals surface area contributed by atoms with E-state index in [1.165, 1.54) is 29.5 Å². The van der Waals surface area contributed by atoms with E-state index in [9.17, 15) is 10.1 Å². The van der Waals surface area contributed by atoms with E-state index >= 15 is 0 Å². The molecule has 2 aromatic heterocycles. The summed E-state index contributed by atoms with van der Waals surface area (Å²) in [6, 6.07) is 8.32. The number of carbonyl (C=O) groups excluding carboxylic acids is 1. The number of thioether (sulfide) groups is 1. The van der Waals surface area contributed by atoms with Crippen molar-refractivity contribution in [3.8, 4) is 11.8 Å². The van der Waals surface area contributed by atoms with Crippen molar-refractivity contribution in [2.45, 2.75) is 77.1 Å². The van der Waals surface area contributed by atoms with E-state index < -0.39 is 0 Å². The zero-order chi connectivity index (χ0) is 26.4. The van der Waals surface area contributed by atoms with Crippen LogP contribution in [0, 0.1) is 25.2 Å². The zero-order valence-corrected chi connectivity index (χ0v) is 23.3. The van der Waals surface area contributed by atoms with Crippen LogP contribution in [0.5, 0.6) is 5.75 Å². The lowest BCUT2D eigenvalue weighted by atomic mass is 9.97. The highest BCUT2D eigenvalue weighted by atomic mass is 32.2. The van der Waals surface area contributed by atoms with Crippen LogP contribution in [0.1, 0.15) is 71.7 Å². The van der Waals surface area contributed by atoms with Gasteiger partial charge in [-0.3, -0.25) is 9.36 Å². The summed E-state index contributed by atoms with van der Waals surface area (Å²) in [7, 11) is 0. The zero-order valence-electron chi connectivity index (χ0n) is 21.7. The molecule has 4 rings (SSSR count). The number of hydrogen-bond donors (Lipinski definition) is 1. The minimum absolute atomic E-state index is 0.162. The Morgan fingerprint density at radius 2 is 2.08 bits per heavy atom. The molecule has 0 saturated heterocycles. The summed E-state index contributed by atoms with van der Waals surface area (Å²) < 4.78 is 8.15. The van der Waals surface area contributed by atoms with Crippen LogP contribution in [0.2, 0.25) is 0 Å². The molecule has 194 valence electrons. The van der Waals surface area contributed by atoms with E-state index in [0.29, 0.717) is 28.1 Å². The van der Waals surface area contributed by atoms with Crippen LogP contribution in [0.25, 0.3) is 0 Å². The minimum atomic E-state index is -0.333. The monoisotopic (exact) mass is 535 g/mol. The van der Waals surface area contributed by atoms with Crippen molar-refractivity contribution in [3.05, 3.63) is 63.8 Å². The molecule has 0 bridgehead atoms. The van der Waals surface area contributed by atoms with Crippen molar-refractivity contribution in [1.82, 2.24) is 14.8 Å². The number of thiophene rings is 1. The standard InChI is InChI=1S/C28H33N5O2S2/c1-5-15-33-26(20(4)35-23-13-10-11-18(2)19(23)3)31-32-28(33)36-17-25(34)30-27-22(16-29)21-12-8-6-7-9-14-24(21)37-27/h5,10-11,13,20H,1,6-9,12,14-15,17H2,2-4H3,(H,30,34). The lowest BCUT2D eigenvalue weighted by molar-refractivity contribution is -0.113. The van der Waals surface area contributed by atoms with E-state index in [2.05, 4.69) is 41.2 Å². The van der Waals surface area contributed by atoms with E-state index in [-0.39, 0.29) is 17.8 Å². The van der Waals surface area contributed by atoms with Crippen molar-refractivity contribution >= 4 is 34.0 Å². The molecular weight excluding hydrogens is 502 g/mol. The van der Waals surface area contributed by atoms with Gasteiger partial charge >= 0.3 is 0 Å². The van der Waals surface area contributed by atoms with Crippen molar-refractivity contribution in [1.29, 1.82) is 5.26 Å². The number of carbonyl (C=O) groups is 1. The van der Waals surface area contributed by atoms with Crippen LogP contribution < -0.4 is 10.1 Å². The summed E-state index contributed by atoms with van der Waals surface area (Å²) in [5.41, 5.74) is 4.02. The second kappa shape index (κ2) is 12.4. The summed E-state index contributed by atoms with van der Waals surface area (Å²) in [6.45, 7) is 10.4. The van der Waals surface area contributed by atoms with E-state index in [4.69, 9.17) is 4.74 Å². The molecule has 1 atom stereocenters. The molecule has 0 fully saturated rings. The third-order valence-corrected chi connectivity index (χ3v) is 8.82. The van der Waals surface area contributed by atoms with Crippen molar-refractivity contribution in [2.75, 3.05) is 11.1 Å². The summed E-state index contributed by atoms with van der Waals surface area (Å²) in [5.74, 6) is 1.49. The summed E-state index contributed by atoms with van der Waals surface area (Å²) in [4.78, 5) is 14.1. The number of aryl methyl sites for hydroxylation is 2. The highest BCUT2D eigenvalue weighted by molar-refractivity contribution is 7.99. The molecule has 1 aliphatic carbocycles. The second-order valence-electron chi connectivity index (χ2n) is 9.27. The predicted molar refractivity (Wildman–Crippen MR) is 149 cm³/mol.